The zero-order valence-electron chi connectivity index (χ0n) is 36.3. The fourth-order valence-electron chi connectivity index (χ4n) is 11.8. The van der Waals surface area contributed by atoms with E-state index in [1.165, 1.54) is 0 Å². The number of likely N-dealkylation sites (tertiary alicyclic amines) is 1. The van der Waals surface area contributed by atoms with Crippen LogP contribution in [0.5, 0.6) is 17.2 Å². The number of nitrogens with one attached hydrogen (secondary N) is 1. The number of allylic oxidation sites excluding steroid dienone is 3. The van der Waals surface area contributed by atoms with Gasteiger partial charge in [0.2, 0.25) is 5.76 Å². The molecule has 1 aromatic heterocycles. The summed E-state index contributed by atoms with van der Waals surface area (Å²) in [6.45, 7) is 3.84. The van der Waals surface area contributed by atoms with Gasteiger partial charge in [0, 0.05) is 80.4 Å². The minimum absolute atomic E-state index is 0.00539. The lowest BCUT2D eigenvalue weighted by atomic mass is 9.63. The number of nitrogens with zero attached hydrogens (tertiary/aromatic N) is 1. The van der Waals surface area contributed by atoms with Gasteiger partial charge in [-0.15, -0.1) is 0 Å². The predicted octanol–water partition coefficient (Wildman–Crippen LogP) is 4.70. The highest BCUT2D eigenvalue weighted by molar-refractivity contribution is 6.11. The van der Waals surface area contributed by atoms with Crippen LogP contribution in [0.4, 0.5) is 0 Å². The van der Waals surface area contributed by atoms with Gasteiger partial charge < -0.3 is 54.0 Å². The number of hydrogen-bond donors (Lipinski definition) is 5. The normalized spacial score (nSPS) is 29.5. The van der Waals surface area contributed by atoms with Crippen molar-refractivity contribution >= 4 is 34.5 Å². The molecule has 14 nitrogen and oxygen atoms in total. The molecule has 0 spiro atoms. The highest BCUT2D eigenvalue weighted by Crippen LogP contribution is 2.58. The number of Topliss-reactive ketones (excluding diaryl/α,β-unsaturated/α-hetero) is 1. The van der Waals surface area contributed by atoms with Crippen molar-refractivity contribution in [2.24, 2.45) is 23.7 Å². The number of aliphatic hydroxyl groups is 4. The van der Waals surface area contributed by atoms with Gasteiger partial charge in [0.15, 0.2) is 6.29 Å². The number of carbonyl (C=O) groups excluding carboxylic acids is 3. The third kappa shape index (κ3) is 7.69. The van der Waals surface area contributed by atoms with E-state index in [9.17, 15) is 34.8 Å². The summed E-state index contributed by atoms with van der Waals surface area (Å²) >= 11 is 0. The van der Waals surface area contributed by atoms with Crippen LogP contribution in [-0.2, 0) is 43.3 Å². The Bertz CT molecular complexity index is 2330. The predicted molar refractivity (Wildman–Crippen MR) is 231 cm³/mol. The van der Waals surface area contributed by atoms with Gasteiger partial charge in [-0.1, -0.05) is 12.0 Å². The number of carbonyl (C=O) groups is 3. The average molecular weight is 869 g/mol. The van der Waals surface area contributed by atoms with Crippen molar-refractivity contribution < 1.29 is 58.5 Å². The van der Waals surface area contributed by atoms with Gasteiger partial charge in [-0.2, -0.15) is 0 Å². The molecule has 2 aromatic carbocycles. The first-order valence-corrected chi connectivity index (χ1v) is 22.8. The number of benzene rings is 2. The van der Waals surface area contributed by atoms with Crippen LogP contribution in [0.1, 0.15) is 92.0 Å². The summed E-state index contributed by atoms with van der Waals surface area (Å²) in [7, 11) is 1.71. The molecule has 0 unspecified atom stereocenters. The van der Waals surface area contributed by atoms with E-state index >= 15 is 0 Å². The molecule has 2 aliphatic carbocycles. The van der Waals surface area contributed by atoms with E-state index < -0.39 is 42.7 Å². The fourth-order valence-corrected chi connectivity index (χ4v) is 11.8. The number of aromatic amines is 1. The first kappa shape index (κ1) is 43.7. The first-order chi connectivity index (χ1) is 30.7. The van der Waals surface area contributed by atoms with Crippen LogP contribution in [0.2, 0.25) is 0 Å². The van der Waals surface area contributed by atoms with E-state index in [0.29, 0.717) is 65.9 Å². The minimum Gasteiger partial charge on any atom is -0.492 e. The number of aliphatic hydroxyl groups excluding tert-OH is 3. The molecular weight excluding hydrogens is 809 g/mol. The maximum atomic E-state index is 14.5. The van der Waals surface area contributed by atoms with Crippen LogP contribution in [0.25, 0.3) is 16.5 Å². The molecule has 9 rings (SSSR count). The molecule has 0 radical (unpaired) electrons. The van der Waals surface area contributed by atoms with Gasteiger partial charge >= 0.3 is 5.97 Å². The molecule has 4 aliphatic heterocycles. The standard InChI is InChI=1S/C49H60N2O12/c1-3-60-48(57)47-36(24-54)41-31-16-32(23-53)43(56)34(18-31)33-17-29-9-12-50-39(29)19-28(33)8-7-27(22-52)26-61-45-35-20-40(62-44(35)37(25-55)46(63-47)42(41)45)49(58)11-4-6-30-21-51(13-5-15-59-2)14-10-38(30)49/h9,12,17,19,24,27,30,32,34,38,40,50,52-53,55,58H,3-8,10-11,13-16,18,20-23,25-26H2,1-2H3/b41-31-/t27-,30+,32+,34+,38+,40+,49-/m1/s1. The van der Waals surface area contributed by atoms with Crippen LogP contribution < -0.4 is 14.2 Å². The third-order valence-corrected chi connectivity index (χ3v) is 14.9. The molecule has 5 heterocycles. The maximum absolute atomic E-state index is 14.5. The molecule has 7 atom stereocenters. The van der Waals surface area contributed by atoms with Crippen LogP contribution in [0.3, 0.4) is 0 Å². The largest absolute Gasteiger partial charge is 0.492 e. The summed E-state index contributed by atoms with van der Waals surface area (Å²) in [6.07, 6.45) is 7.32. The zero-order valence-corrected chi connectivity index (χ0v) is 36.3. The Balaban J connectivity index is 1.22. The average Bonchev–Trinajstić information content (AvgIpc) is 3.96. The number of esters is 1. The number of ether oxygens (including phenoxy) is 5. The number of H-pyrrole nitrogens is 1. The highest BCUT2D eigenvalue weighted by atomic mass is 16.6. The quantitative estimate of drug-likeness (QED) is 0.101. The van der Waals surface area contributed by atoms with Gasteiger partial charge in [-0.05, 0) is 111 Å². The number of rotatable bonds is 11. The van der Waals surface area contributed by atoms with Crippen molar-refractivity contribution in [3.05, 3.63) is 69.1 Å². The van der Waals surface area contributed by atoms with Gasteiger partial charge in [0.25, 0.3) is 0 Å². The number of fused-ring (bicyclic) bond motifs is 8. The second kappa shape index (κ2) is 18.1. The SMILES string of the molecule is CCOC(=O)C1=C(C=O)/C2=C3\C[C@@H](CO)C(=O)[C@@H](C3)c3cc4cc[nH]c4cc3CC[C@H](CO)COc3c4c(c(CO)c(c32)O1)O[C@H]([C@@]1(O)CCC[C@H]2CN(CCCOC)CC[C@@H]21)C4. The Morgan fingerprint density at radius 1 is 1.08 bits per heavy atom. The smallest absolute Gasteiger partial charge is 0.375 e. The maximum Gasteiger partial charge on any atom is 0.375 e. The third-order valence-electron chi connectivity index (χ3n) is 14.9. The van der Waals surface area contributed by atoms with Crippen LogP contribution in [-0.4, -0.2) is 120 Å². The summed E-state index contributed by atoms with van der Waals surface area (Å²) in [5.74, 6) is -2.40. The number of ketones is 1. The van der Waals surface area contributed by atoms with Crippen molar-refractivity contribution in [3.63, 3.8) is 0 Å². The molecule has 3 fully saturated rings. The van der Waals surface area contributed by atoms with Crippen molar-refractivity contribution in [1.82, 2.24) is 9.88 Å². The van der Waals surface area contributed by atoms with E-state index in [1.54, 1.807) is 14.0 Å². The molecule has 0 amide bonds. The Kier molecular flexibility index (Phi) is 12.6. The molecule has 14 heteroatoms. The van der Waals surface area contributed by atoms with Gasteiger partial charge in [-0.3, -0.25) is 9.59 Å². The van der Waals surface area contributed by atoms with Crippen molar-refractivity contribution in [3.8, 4) is 17.2 Å². The molecule has 63 heavy (non-hydrogen) atoms. The van der Waals surface area contributed by atoms with Crippen molar-refractivity contribution in [1.29, 1.82) is 0 Å². The Morgan fingerprint density at radius 3 is 2.70 bits per heavy atom. The Labute approximate surface area is 367 Å². The fraction of sp³-hybridized carbons (Fsp3) is 0.571. The minimum atomic E-state index is -1.21. The molecule has 1 saturated heterocycles. The number of aryl methyl sites for hydroxylation is 1. The number of aldehydes is 1. The Hall–Kier alpha value is -4.57. The zero-order chi connectivity index (χ0) is 44.0. The summed E-state index contributed by atoms with van der Waals surface area (Å²) in [6, 6.07) is 6.00. The highest BCUT2D eigenvalue weighted by Gasteiger charge is 2.55. The van der Waals surface area contributed by atoms with Gasteiger partial charge in [0.1, 0.15) is 34.7 Å². The monoisotopic (exact) mass is 868 g/mol. The summed E-state index contributed by atoms with van der Waals surface area (Å²) in [4.78, 5) is 47.6. The van der Waals surface area contributed by atoms with Gasteiger partial charge in [-0.25, -0.2) is 4.79 Å². The van der Waals surface area contributed by atoms with E-state index in [-0.39, 0.29) is 85.3 Å². The molecule has 338 valence electrons. The molecule has 2 saturated carbocycles. The number of piperidine rings is 1. The van der Waals surface area contributed by atoms with E-state index in [4.69, 9.17) is 23.7 Å². The molecular formula is C49H60N2O12. The second-order valence-corrected chi connectivity index (χ2v) is 18.4. The van der Waals surface area contributed by atoms with E-state index in [1.807, 2.05) is 24.4 Å². The molecule has 2 bridgehead atoms. The van der Waals surface area contributed by atoms with Crippen molar-refractivity contribution in [2.75, 3.05) is 59.8 Å². The summed E-state index contributed by atoms with van der Waals surface area (Å²) in [5.41, 5.74) is 3.44. The second-order valence-electron chi connectivity index (χ2n) is 18.4. The van der Waals surface area contributed by atoms with Crippen LogP contribution >= 0.6 is 0 Å². The number of aromatic nitrogens is 1. The Morgan fingerprint density at radius 2 is 1.94 bits per heavy atom. The van der Waals surface area contributed by atoms with E-state index in [2.05, 4.69) is 9.88 Å². The first-order valence-electron chi connectivity index (χ1n) is 22.8. The molecule has 5 N–H and O–H groups in total. The van der Waals surface area contributed by atoms with Crippen LogP contribution in [0, 0.1) is 23.7 Å². The van der Waals surface area contributed by atoms with E-state index in [0.717, 1.165) is 67.3 Å². The lowest BCUT2D eigenvalue weighted by Crippen LogP contribution is -2.59. The summed E-state index contributed by atoms with van der Waals surface area (Å²) in [5, 5.41) is 46.9. The van der Waals surface area contributed by atoms with Crippen LogP contribution in [0.15, 0.2) is 41.3 Å². The summed E-state index contributed by atoms with van der Waals surface area (Å²) < 4.78 is 31.0. The lowest BCUT2D eigenvalue weighted by Gasteiger charge is -2.51. The number of methoxy groups -OCH3 is 1. The van der Waals surface area contributed by atoms with Crippen molar-refractivity contribution in [2.45, 2.75) is 95.4 Å². The topological polar surface area (TPSA) is 197 Å². The van der Waals surface area contributed by atoms with Gasteiger partial charge in [0.05, 0.1) is 43.1 Å². The number of hydrogen-bond acceptors (Lipinski definition) is 13. The lowest BCUT2D eigenvalue weighted by molar-refractivity contribution is -0.151. The molecule has 3 aromatic rings. The molecule has 6 aliphatic rings.